The van der Waals surface area contributed by atoms with Crippen molar-refractivity contribution in [3.05, 3.63) is 47.7 Å². The van der Waals surface area contributed by atoms with Gasteiger partial charge in [-0.1, -0.05) is 12.1 Å². The number of para-hydroxylation sites is 2. The maximum atomic E-state index is 12.0. The van der Waals surface area contributed by atoms with Gasteiger partial charge in [0.1, 0.15) is 11.8 Å². The minimum Gasteiger partial charge on any atom is -0.461 e. The van der Waals surface area contributed by atoms with E-state index < -0.39 is 5.97 Å². The number of rotatable bonds is 2. The predicted octanol–water partition coefficient (Wildman–Crippen LogP) is 2.54. The zero-order valence-electron chi connectivity index (χ0n) is 10.8. The second-order valence-corrected chi connectivity index (χ2v) is 4.22. The van der Waals surface area contributed by atoms with Crippen molar-refractivity contribution in [2.45, 2.75) is 6.92 Å². The van der Waals surface area contributed by atoms with Crippen LogP contribution >= 0.6 is 0 Å². The van der Waals surface area contributed by atoms with Crippen LogP contribution in [0.4, 0.5) is 0 Å². The number of hydrogen-bond acceptors (Lipinski definition) is 4. The van der Waals surface area contributed by atoms with Crippen molar-refractivity contribution in [1.29, 1.82) is 5.26 Å². The molecule has 5 nitrogen and oxygen atoms in total. The number of fused-ring (bicyclic) bond motifs is 3. The van der Waals surface area contributed by atoms with Gasteiger partial charge in [0.2, 0.25) is 0 Å². The first-order valence-electron chi connectivity index (χ1n) is 6.23. The lowest BCUT2D eigenvalue weighted by Gasteiger charge is -2.06. The van der Waals surface area contributed by atoms with Crippen LogP contribution in [0.3, 0.4) is 0 Å². The molecule has 0 saturated carbocycles. The maximum absolute atomic E-state index is 12.0. The molecule has 98 valence electrons. The molecule has 0 atom stereocenters. The SMILES string of the molecule is CCOC(=O)c1ccc(C#N)c2nc3ccccc3n12. The van der Waals surface area contributed by atoms with Crippen LogP contribution in [0.25, 0.3) is 16.7 Å². The smallest absolute Gasteiger partial charge is 0.355 e. The Morgan fingerprint density at radius 3 is 2.90 bits per heavy atom. The molecule has 0 radical (unpaired) electrons. The molecule has 0 saturated heterocycles. The van der Waals surface area contributed by atoms with E-state index in [0.29, 0.717) is 23.5 Å². The third-order valence-electron chi connectivity index (χ3n) is 3.06. The first-order chi connectivity index (χ1) is 9.76. The summed E-state index contributed by atoms with van der Waals surface area (Å²) in [5.74, 6) is -0.426. The molecule has 0 amide bonds. The number of imidazole rings is 1. The lowest BCUT2D eigenvalue weighted by molar-refractivity contribution is 0.0518. The normalized spacial score (nSPS) is 10.6. The second kappa shape index (κ2) is 4.67. The summed E-state index contributed by atoms with van der Waals surface area (Å²) in [6, 6.07) is 12.7. The number of hydrogen-bond donors (Lipinski definition) is 0. The molecule has 2 aromatic heterocycles. The molecule has 5 heteroatoms. The zero-order chi connectivity index (χ0) is 14.1. The molecule has 3 aromatic rings. The van der Waals surface area contributed by atoms with Gasteiger partial charge in [-0.25, -0.2) is 9.78 Å². The number of nitrogens with zero attached hydrogens (tertiary/aromatic N) is 3. The molecule has 0 N–H and O–H groups in total. The van der Waals surface area contributed by atoms with E-state index in [1.165, 1.54) is 0 Å². The monoisotopic (exact) mass is 265 g/mol. The number of pyridine rings is 1. The Balaban J connectivity index is 2.43. The summed E-state index contributed by atoms with van der Waals surface area (Å²) in [5, 5.41) is 9.17. The number of nitriles is 1. The summed E-state index contributed by atoms with van der Waals surface area (Å²) in [4.78, 5) is 16.5. The molecule has 0 spiro atoms. The van der Waals surface area contributed by atoms with Gasteiger partial charge in [-0.2, -0.15) is 5.26 Å². The molecule has 20 heavy (non-hydrogen) atoms. The molecule has 0 aliphatic rings. The van der Waals surface area contributed by atoms with Gasteiger partial charge in [0.15, 0.2) is 5.65 Å². The van der Waals surface area contributed by atoms with Gasteiger partial charge in [-0.3, -0.25) is 4.40 Å². The third-order valence-corrected chi connectivity index (χ3v) is 3.06. The Morgan fingerprint density at radius 1 is 1.35 bits per heavy atom. The van der Waals surface area contributed by atoms with Gasteiger partial charge in [0.25, 0.3) is 0 Å². The predicted molar refractivity (Wildman–Crippen MR) is 73.4 cm³/mol. The van der Waals surface area contributed by atoms with E-state index >= 15 is 0 Å². The molecule has 1 aromatic carbocycles. The van der Waals surface area contributed by atoms with Crippen molar-refractivity contribution in [3.8, 4) is 6.07 Å². The van der Waals surface area contributed by atoms with Crippen LogP contribution < -0.4 is 0 Å². The fraction of sp³-hybridized carbons (Fsp3) is 0.133. The number of esters is 1. The highest BCUT2D eigenvalue weighted by molar-refractivity contribution is 5.93. The number of carbonyl (C=O) groups is 1. The van der Waals surface area contributed by atoms with Crippen LogP contribution in [0.1, 0.15) is 23.0 Å². The second-order valence-electron chi connectivity index (χ2n) is 4.22. The van der Waals surface area contributed by atoms with Gasteiger partial charge in [0, 0.05) is 0 Å². The fourth-order valence-electron chi connectivity index (χ4n) is 2.21. The highest BCUT2D eigenvalue weighted by Gasteiger charge is 2.17. The Bertz CT molecular complexity index is 859. The Morgan fingerprint density at radius 2 is 2.15 bits per heavy atom. The molecular formula is C15H11N3O2. The minimum absolute atomic E-state index is 0.299. The van der Waals surface area contributed by atoms with Crippen molar-refractivity contribution in [3.63, 3.8) is 0 Å². The third kappa shape index (κ3) is 1.70. The first kappa shape index (κ1) is 12.2. The molecule has 0 bridgehead atoms. The average Bonchev–Trinajstić information content (AvgIpc) is 2.86. The lowest BCUT2D eigenvalue weighted by Crippen LogP contribution is -2.10. The van der Waals surface area contributed by atoms with E-state index in [4.69, 9.17) is 4.74 Å². The van der Waals surface area contributed by atoms with Crippen molar-refractivity contribution >= 4 is 22.6 Å². The highest BCUT2D eigenvalue weighted by Crippen LogP contribution is 2.21. The van der Waals surface area contributed by atoms with Crippen LogP contribution in [0.15, 0.2) is 36.4 Å². The van der Waals surface area contributed by atoms with Crippen molar-refractivity contribution in [2.75, 3.05) is 6.61 Å². The maximum Gasteiger partial charge on any atom is 0.355 e. The number of ether oxygens (including phenoxy) is 1. The molecule has 0 unspecified atom stereocenters. The van der Waals surface area contributed by atoms with E-state index in [1.54, 1.807) is 23.5 Å². The average molecular weight is 265 g/mol. The lowest BCUT2D eigenvalue weighted by atomic mass is 10.2. The number of carbonyl (C=O) groups excluding carboxylic acids is 1. The van der Waals surface area contributed by atoms with Crippen molar-refractivity contribution in [1.82, 2.24) is 9.38 Å². The number of aromatic nitrogens is 2. The Kier molecular flexibility index (Phi) is 2.84. The van der Waals surface area contributed by atoms with E-state index in [0.717, 1.165) is 11.0 Å². The van der Waals surface area contributed by atoms with Gasteiger partial charge >= 0.3 is 5.97 Å². The fourth-order valence-corrected chi connectivity index (χ4v) is 2.21. The van der Waals surface area contributed by atoms with E-state index in [9.17, 15) is 10.1 Å². The van der Waals surface area contributed by atoms with E-state index in [-0.39, 0.29) is 0 Å². The van der Waals surface area contributed by atoms with E-state index in [2.05, 4.69) is 11.1 Å². The van der Waals surface area contributed by atoms with Crippen LogP contribution in [-0.2, 0) is 4.74 Å². The van der Waals surface area contributed by atoms with Crippen LogP contribution in [0.5, 0.6) is 0 Å². The van der Waals surface area contributed by atoms with Crippen LogP contribution in [0, 0.1) is 11.3 Å². The summed E-state index contributed by atoms with van der Waals surface area (Å²) in [5.41, 5.74) is 2.78. The summed E-state index contributed by atoms with van der Waals surface area (Å²) in [7, 11) is 0. The quantitative estimate of drug-likeness (QED) is 0.668. The standard InChI is InChI=1S/C15H11N3O2/c1-2-20-15(19)13-8-7-10(9-16)14-17-11-5-3-4-6-12(11)18(13)14/h3-8H,2H2,1H3. The summed E-state index contributed by atoms with van der Waals surface area (Å²) < 4.78 is 6.73. The van der Waals surface area contributed by atoms with Gasteiger partial charge in [-0.05, 0) is 31.2 Å². The van der Waals surface area contributed by atoms with Crippen LogP contribution in [-0.4, -0.2) is 22.0 Å². The molecule has 0 aliphatic heterocycles. The molecule has 0 fully saturated rings. The topological polar surface area (TPSA) is 67.4 Å². The summed E-state index contributed by atoms with van der Waals surface area (Å²) in [6.45, 7) is 2.05. The van der Waals surface area contributed by atoms with E-state index in [1.807, 2.05) is 24.3 Å². The summed E-state index contributed by atoms with van der Waals surface area (Å²) in [6.07, 6.45) is 0. The zero-order valence-corrected chi connectivity index (χ0v) is 10.8. The molecular weight excluding hydrogens is 254 g/mol. The molecule has 0 aliphatic carbocycles. The minimum atomic E-state index is -0.426. The van der Waals surface area contributed by atoms with Gasteiger partial charge in [-0.15, -0.1) is 0 Å². The number of benzene rings is 1. The van der Waals surface area contributed by atoms with Crippen molar-refractivity contribution < 1.29 is 9.53 Å². The Labute approximate surface area is 115 Å². The summed E-state index contributed by atoms with van der Waals surface area (Å²) >= 11 is 0. The largest absolute Gasteiger partial charge is 0.461 e. The molecule has 3 rings (SSSR count). The van der Waals surface area contributed by atoms with Crippen LogP contribution in [0.2, 0.25) is 0 Å². The van der Waals surface area contributed by atoms with Crippen molar-refractivity contribution in [2.24, 2.45) is 0 Å². The Hall–Kier alpha value is -2.87. The first-order valence-corrected chi connectivity index (χ1v) is 6.23. The molecule has 2 heterocycles. The van der Waals surface area contributed by atoms with Gasteiger partial charge < -0.3 is 4.74 Å². The highest BCUT2D eigenvalue weighted by atomic mass is 16.5. The van der Waals surface area contributed by atoms with Gasteiger partial charge in [0.05, 0.1) is 23.2 Å².